The van der Waals surface area contributed by atoms with Gasteiger partial charge in [0.15, 0.2) is 0 Å². The van der Waals surface area contributed by atoms with Crippen molar-refractivity contribution >= 4 is 23.2 Å². The van der Waals surface area contributed by atoms with Gasteiger partial charge in [-0.3, -0.25) is 4.79 Å². The minimum atomic E-state index is -0.295. The van der Waals surface area contributed by atoms with E-state index in [0.29, 0.717) is 22.9 Å². The molecular formula is C20H20N4O2. The lowest BCUT2D eigenvalue weighted by Gasteiger charge is -2.11. The van der Waals surface area contributed by atoms with E-state index >= 15 is 0 Å². The molecule has 2 N–H and O–H groups in total. The summed E-state index contributed by atoms with van der Waals surface area (Å²) in [6, 6.07) is 13.4. The fourth-order valence-corrected chi connectivity index (χ4v) is 2.46. The van der Waals surface area contributed by atoms with E-state index in [1.54, 1.807) is 7.11 Å². The van der Waals surface area contributed by atoms with Gasteiger partial charge < -0.3 is 15.4 Å². The first-order chi connectivity index (χ1) is 12.6. The second-order valence-electron chi connectivity index (χ2n) is 5.89. The van der Waals surface area contributed by atoms with Crippen molar-refractivity contribution in [3.63, 3.8) is 0 Å². The Labute approximate surface area is 152 Å². The molecule has 0 fully saturated rings. The van der Waals surface area contributed by atoms with Crippen LogP contribution in [-0.4, -0.2) is 23.0 Å². The van der Waals surface area contributed by atoms with Crippen LogP contribution in [0.25, 0.3) is 0 Å². The quantitative estimate of drug-likeness (QED) is 0.726. The molecule has 1 aromatic heterocycles. The van der Waals surface area contributed by atoms with Crippen LogP contribution in [0.5, 0.6) is 5.75 Å². The second-order valence-corrected chi connectivity index (χ2v) is 5.89. The summed E-state index contributed by atoms with van der Waals surface area (Å²) in [4.78, 5) is 20.9. The Kier molecular flexibility index (Phi) is 5.12. The third-order valence-corrected chi connectivity index (χ3v) is 3.91. The van der Waals surface area contributed by atoms with Gasteiger partial charge in [0.2, 0.25) is 5.95 Å². The molecule has 2 aromatic carbocycles. The lowest BCUT2D eigenvalue weighted by molar-refractivity contribution is 0.102. The standard InChI is InChI=1S/C20H20N4O2/c1-13-8-9-18(26-3)17(10-13)23-19(25)15-11-21-20(22-12-15)24-16-7-5-4-6-14(16)2/h4-12H,1-3H3,(H,23,25)(H,21,22,24). The molecule has 0 saturated carbocycles. The van der Waals surface area contributed by atoms with Gasteiger partial charge in [0.1, 0.15) is 5.75 Å². The Balaban J connectivity index is 1.73. The maximum absolute atomic E-state index is 12.5. The average Bonchev–Trinajstić information content (AvgIpc) is 2.64. The molecular weight excluding hydrogens is 328 g/mol. The number of para-hydroxylation sites is 1. The molecule has 0 aliphatic rings. The Bertz CT molecular complexity index is 923. The number of ether oxygens (including phenoxy) is 1. The maximum atomic E-state index is 12.5. The number of rotatable bonds is 5. The van der Waals surface area contributed by atoms with Crippen LogP contribution < -0.4 is 15.4 Å². The van der Waals surface area contributed by atoms with E-state index in [1.165, 1.54) is 12.4 Å². The normalized spacial score (nSPS) is 10.3. The minimum Gasteiger partial charge on any atom is -0.495 e. The van der Waals surface area contributed by atoms with Crippen molar-refractivity contribution in [3.05, 3.63) is 71.5 Å². The monoisotopic (exact) mass is 348 g/mol. The molecule has 0 spiro atoms. The van der Waals surface area contributed by atoms with E-state index in [9.17, 15) is 4.79 Å². The Morgan fingerprint density at radius 2 is 1.73 bits per heavy atom. The van der Waals surface area contributed by atoms with Crippen LogP contribution in [0, 0.1) is 13.8 Å². The predicted octanol–water partition coefficient (Wildman–Crippen LogP) is 4.10. The van der Waals surface area contributed by atoms with E-state index < -0.39 is 0 Å². The zero-order valence-electron chi connectivity index (χ0n) is 14.9. The molecule has 1 amide bonds. The number of aryl methyl sites for hydroxylation is 2. The second kappa shape index (κ2) is 7.65. The Hall–Kier alpha value is -3.41. The fraction of sp³-hybridized carbons (Fsp3) is 0.150. The highest BCUT2D eigenvalue weighted by Crippen LogP contribution is 2.25. The van der Waals surface area contributed by atoms with Crippen molar-refractivity contribution in [3.8, 4) is 5.75 Å². The van der Waals surface area contributed by atoms with Gasteiger partial charge in [-0.05, 0) is 43.2 Å². The number of hydrogen-bond acceptors (Lipinski definition) is 5. The predicted molar refractivity (Wildman–Crippen MR) is 102 cm³/mol. The van der Waals surface area contributed by atoms with Crippen LogP contribution in [0.2, 0.25) is 0 Å². The molecule has 132 valence electrons. The van der Waals surface area contributed by atoms with Crippen LogP contribution >= 0.6 is 0 Å². The first-order valence-electron chi connectivity index (χ1n) is 8.17. The highest BCUT2D eigenvalue weighted by atomic mass is 16.5. The molecule has 0 aliphatic heterocycles. The van der Waals surface area contributed by atoms with E-state index in [1.807, 2.05) is 56.3 Å². The topological polar surface area (TPSA) is 76.1 Å². The van der Waals surface area contributed by atoms with Crippen LogP contribution in [0.15, 0.2) is 54.9 Å². The number of hydrogen-bond donors (Lipinski definition) is 2. The number of carbonyl (C=O) groups excluding carboxylic acids is 1. The molecule has 0 unspecified atom stereocenters. The molecule has 0 bridgehead atoms. The number of amides is 1. The van der Waals surface area contributed by atoms with E-state index in [0.717, 1.165) is 16.8 Å². The summed E-state index contributed by atoms with van der Waals surface area (Å²) >= 11 is 0. The SMILES string of the molecule is COc1ccc(C)cc1NC(=O)c1cnc(Nc2ccccc2C)nc1. The molecule has 3 aromatic rings. The van der Waals surface area contributed by atoms with Gasteiger partial charge >= 0.3 is 0 Å². The van der Waals surface area contributed by atoms with Crippen LogP contribution in [0.4, 0.5) is 17.3 Å². The molecule has 6 heteroatoms. The lowest BCUT2D eigenvalue weighted by atomic mass is 10.2. The summed E-state index contributed by atoms with van der Waals surface area (Å²) in [6.07, 6.45) is 2.98. The molecule has 0 radical (unpaired) electrons. The smallest absolute Gasteiger partial charge is 0.258 e. The number of methoxy groups -OCH3 is 1. The minimum absolute atomic E-state index is 0.295. The van der Waals surface area contributed by atoms with Crippen molar-refractivity contribution < 1.29 is 9.53 Å². The third-order valence-electron chi connectivity index (χ3n) is 3.91. The van der Waals surface area contributed by atoms with Gasteiger partial charge in [-0.25, -0.2) is 9.97 Å². The number of nitrogens with one attached hydrogen (secondary N) is 2. The van der Waals surface area contributed by atoms with Crippen molar-refractivity contribution in [2.24, 2.45) is 0 Å². The van der Waals surface area contributed by atoms with Crippen molar-refractivity contribution in [2.45, 2.75) is 13.8 Å². The van der Waals surface area contributed by atoms with E-state index in [2.05, 4.69) is 20.6 Å². The molecule has 0 saturated heterocycles. The van der Waals surface area contributed by atoms with Crippen LogP contribution in [0.1, 0.15) is 21.5 Å². The van der Waals surface area contributed by atoms with Gasteiger partial charge in [0.25, 0.3) is 5.91 Å². The summed E-state index contributed by atoms with van der Waals surface area (Å²) in [5.41, 5.74) is 4.01. The van der Waals surface area contributed by atoms with Gasteiger partial charge in [0.05, 0.1) is 18.4 Å². The van der Waals surface area contributed by atoms with Crippen molar-refractivity contribution in [2.75, 3.05) is 17.7 Å². The molecule has 6 nitrogen and oxygen atoms in total. The summed E-state index contributed by atoms with van der Waals surface area (Å²) in [6.45, 7) is 3.95. The first kappa shape index (κ1) is 17.4. The first-order valence-corrected chi connectivity index (χ1v) is 8.17. The van der Waals surface area contributed by atoms with Crippen LogP contribution in [-0.2, 0) is 0 Å². The number of carbonyl (C=O) groups is 1. The number of aromatic nitrogens is 2. The Morgan fingerprint density at radius 1 is 1.00 bits per heavy atom. The molecule has 1 heterocycles. The molecule has 3 rings (SSSR count). The summed E-state index contributed by atoms with van der Waals surface area (Å²) in [5.74, 6) is 0.739. The van der Waals surface area contributed by atoms with Gasteiger partial charge in [-0.15, -0.1) is 0 Å². The van der Waals surface area contributed by atoms with Crippen molar-refractivity contribution in [1.29, 1.82) is 0 Å². The highest BCUT2D eigenvalue weighted by molar-refractivity contribution is 6.04. The fourth-order valence-electron chi connectivity index (χ4n) is 2.46. The number of benzene rings is 2. The van der Waals surface area contributed by atoms with Crippen LogP contribution in [0.3, 0.4) is 0 Å². The van der Waals surface area contributed by atoms with E-state index in [-0.39, 0.29) is 5.91 Å². The zero-order chi connectivity index (χ0) is 18.5. The Morgan fingerprint density at radius 3 is 2.42 bits per heavy atom. The summed E-state index contributed by atoms with van der Waals surface area (Å²) in [5, 5.41) is 5.97. The number of anilines is 3. The maximum Gasteiger partial charge on any atom is 0.258 e. The number of nitrogens with zero attached hydrogens (tertiary/aromatic N) is 2. The zero-order valence-corrected chi connectivity index (χ0v) is 14.9. The van der Waals surface area contributed by atoms with Crippen molar-refractivity contribution in [1.82, 2.24) is 9.97 Å². The lowest BCUT2D eigenvalue weighted by Crippen LogP contribution is -2.14. The summed E-state index contributed by atoms with van der Waals surface area (Å²) in [7, 11) is 1.56. The molecule has 0 aliphatic carbocycles. The highest BCUT2D eigenvalue weighted by Gasteiger charge is 2.11. The summed E-state index contributed by atoms with van der Waals surface area (Å²) < 4.78 is 5.28. The van der Waals surface area contributed by atoms with Gasteiger partial charge in [-0.1, -0.05) is 24.3 Å². The van der Waals surface area contributed by atoms with Gasteiger partial charge in [0, 0.05) is 18.1 Å². The van der Waals surface area contributed by atoms with E-state index in [4.69, 9.17) is 4.74 Å². The van der Waals surface area contributed by atoms with Gasteiger partial charge in [-0.2, -0.15) is 0 Å². The molecule has 0 atom stereocenters. The largest absolute Gasteiger partial charge is 0.495 e. The molecule has 26 heavy (non-hydrogen) atoms. The third kappa shape index (κ3) is 3.97. The average molecular weight is 348 g/mol.